The van der Waals surface area contributed by atoms with Crippen LogP contribution in [0.25, 0.3) is 6.08 Å². The Kier molecular flexibility index (Phi) is 3.50. The van der Waals surface area contributed by atoms with E-state index in [0.717, 1.165) is 18.4 Å². The molecule has 1 aliphatic heterocycles. The summed E-state index contributed by atoms with van der Waals surface area (Å²) in [4.78, 5) is 22.3. The SMILES string of the molecule is CCCc1ccc2c(c1)C(=O)/C(=C/c1ccc([N+](=O)[O-])o1)O2. The molecule has 0 saturated carbocycles. The van der Waals surface area contributed by atoms with Gasteiger partial charge in [0, 0.05) is 6.08 Å². The first kappa shape index (κ1) is 14.1. The first-order chi connectivity index (χ1) is 10.6. The number of Topliss-reactive ketones (excluding diaryl/α,β-unsaturated/α-hetero) is 1. The van der Waals surface area contributed by atoms with Crippen molar-refractivity contribution in [2.75, 3.05) is 0 Å². The normalized spacial score (nSPS) is 15.0. The van der Waals surface area contributed by atoms with Gasteiger partial charge in [0.15, 0.2) is 5.76 Å². The number of rotatable bonds is 4. The van der Waals surface area contributed by atoms with Gasteiger partial charge in [-0.25, -0.2) is 0 Å². The van der Waals surface area contributed by atoms with Gasteiger partial charge in [-0.15, -0.1) is 0 Å². The van der Waals surface area contributed by atoms with Crippen LogP contribution in [-0.4, -0.2) is 10.7 Å². The average molecular weight is 299 g/mol. The second-order valence-corrected chi connectivity index (χ2v) is 4.95. The molecule has 0 unspecified atom stereocenters. The van der Waals surface area contributed by atoms with Gasteiger partial charge in [0.05, 0.1) is 11.6 Å². The smallest absolute Gasteiger partial charge is 0.433 e. The molecule has 0 radical (unpaired) electrons. The fourth-order valence-corrected chi connectivity index (χ4v) is 2.33. The molecule has 22 heavy (non-hydrogen) atoms. The van der Waals surface area contributed by atoms with E-state index >= 15 is 0 Å². The summed E-state index contributed by atoms with van der Waals surface area (Å²) in [5.74, 6) is 0.189. The van der Waals surface area contributed by atoms with Crippen molar-refractivity contribution in [1.82, 2.24) is 0 Å². The number of aryl methyl sites for hydroxylation is 1. The van der Waals surface area contributed by atoms with Gasteiger partial charge in [0.2, 0.25) is 5.78 Å². The molecule has 0 aliphatic carbocycles. The minimum Gasteiger partial charge on any atom is -0.452 e. The van der Waals surface area contributed by atoms with E-state index in [1.165, 1.54) is 18.2 Å². The van der Waals surface area contributed by atoms with E-state index in [2.05, 4.69) is 6.92 Å². The van der Waals surface area contributed by atoms with Crippen molar-refractivity contribution in [3.8, 4) is 5.75 Å². The Morgan fingerprint density at radius 1 is 1.27 bits per heavy atom. The Morgan fingerprint density at radius 3 is 2.77 bits per heavy atom. The number of carbonyl (C=O) groups is 1. The largest absolute Gasteiger partial charge is 0.452 e. The Hall–Kier alpha value is -2.89. The van der Waals surface area contributed by atoms with Crippen molar-refractivity contribution < 1.29 is 18.9 Å². The van der Waals surface area contributed by atoms with E-state index in [4.69, 9.17) is 9.15 Å². The molecule has 0 saturated heterocycles. The molecule has 2 aromatic rings. The van der Waals surface area contributed by atoms with Crippen LogP contribution in [-0.2, 0) is 6.42 Å². The van der Waals surface area contributed by atoms with Crippen LogP contribution in [0.4, 0.5) is 5.88 Å². The average Bonchev–Trinajstić information content (AvgIpc) is 3.07. The number of carbonyl (C=O) groups excluding carboxylic acids is 1. The Morgan fingerprint density at radius 2 is 2.09 bits per heavy atom. The molecular formula is C16H13NO5. The van der Waals surface area contributed by atoms with Gasteiger partial charge in [-0.2, -0.15) is 0 Å². The zero-order valence-electron chi connectivity index (χ0n) is 11.9. The number of hydrogen-bond acceptors (Lipinski definition) is 5. The fraction of sp³-hybridized carbons (Fsp3) is 0.188. The standard InChI is InChI=1S/C16H13NO5/c1-2-3-10-4-6-13-12(8-10)16(18)14(22-13)9-11-5-7-15(21-11)17(19)20/h4-9H,2-3H2,1H3/b14-9-. The molecule has 112 valence electrons. The lowest BCUT2D eigenvalue weighted by molar-refractivity contribution is -0.402. The zero-order chi connectivity index (χ0) is 15.7. The number of fused-ring (bicyclic) bond motifs is 1. The highest BCUT2D eigenvalue weighted by Gasteiger charge is 2.28. The van der Waals surface area contributed by atoms with Crippen LogP contribution in [0.1, 0.15) is 35.0 Å². The number of nitrogens with zero attached hydrogens (tertiary/aromatic N) is 1. The van der Waals surface area contributed by atoms with Crippen LogP contribution in [0.5, 0.6) is 5.75 Å². The van der Waals surface area contributed by atoms with E-state index in [-0.39, 0.29) is 23.2 Å². The minimum absolute atomic E-state index is 0.105. The molecule has 6 heteroatoms. The third-order valence-corrected chi connectivity index (χ3v) is 3.34. The summed E-state index contributed by atoms with van der Waals surface area (Å²) >= 11 is 0. The molecule has 1 aliphatic rings. The quantitative estimate of drug-likeness (QED) is 0.487. The van der Waals surface area contributed by atoms with E-state index in [0.29, 0.717) is 11.3 Å². The van der Waals surface area contributed by atoms with Crippen molar-refractivity contribution >= 4 is 17.7 Å². The highest BCUT2D eigenvalue weighted by Crippen LogP contribution is 2.33. The number of ether oxygens (including phenoxy) is 1. The minimum atomic E-state index is -0.634. The lowest BCUT2D eigenvalue weighted by Crippen LogP contribution is -1.98. The van der Waals surface area contributed by atoms with Gasteiger partial charge >= 0.3 is 5.88 Å². The predicted molar refractivity (Wildman–Crippen MR) is 78.7 cm³/mol. The van der Waals surface area contributed by atoms with Crippen LogP contribution in [0, 0.1) is 10.1 Å². The molecule has 3 rings (SSSR count). The number of nitro groups is 1. The summed E-state index contributed by atoms with van der Waals surface area (Å²) in [7, 11) is 0. The summed E-state index contributed by atoms with van der Waals surface area (Å²) in [6, 6.07) is 8.18. The summed E-state index contributed by atoms with van der Waals surface area (Å²) in [5.41, 5.74) is 1.59. The lowest BCUT2D eigenvalue weighted by Gasteiger charge is -2.00. The number of benzene rings is 1. The van der Waals surface area contributed by atoms with Gasteiger partial charge < -0.3 is 9.15 Å². The first-order valence-corrected chi connectivity index (χ1v) is 6.90. The van der Waals surface area contributed by atoms with Gasteiger partial charge in [-0.3, -0.25) is 14.9 Å². The summed E-state index contributed by atoms with van der Waals surface area (Å²) in [6.45, 7) is 2.07. The number of allylic oxidation sites excluding steroid dienone is 1. The second kappa shape index (κ2) is 5.48. The predicted octanol–water partition coefficient (Wildman–Crippen LogP) is 3.76. The molecular weight excluding hydrogens is 286 g/mol. The third-order valence-electron chi connectivity index (χ3n) is 3.34. The Labute approximate surface area is 126 Å². The van der Waals surface area contributed by atoms with Gasteiger partial charge in [0.1, 0.15) is 16.4 Å². The zero-order valence-corrected chi connectivity index (χ0v) is 11.9. The van der Waals surface area contributed by atoms with Crippen molar-refractivity contribution in [3.05, 3.63) is 63.1 Å². The second-order valence-electron chi connectivity index (χ2n) is 4.95. The molecule has 0 amide bonds. The van der Waals surface area contributed by atoms with Crippen LogP contribution >= 0.6 is 0 Å². The molecule has 0 bridgehead atoms. The lowest BCUT2D eigenvalue weighted by atomic mass is 10.0. The van der Waals surface area contributed by atoms with Crippen molar-refractivity contribution in [2.45, 2.75) is 19.8 Å². The molecule has 0 spiro atoms. The Balaban J connectivity index is 1.89. The van der Waals surface area contributed by atoms with Crippen LogP contribution in [0.3, 0.4) is 0 Å². The maximum atomic E-state index is 12.3. The monoisotopic (exact) mass is 299 g/mol. The van der Waals surface area contributed by atoms with Crippen LogP contribution < -0.4 is 4.74 Å². The highest BCUT2D eigenvalue weighted by atomic mass is 16.6. The first-order valence-electron chi connectivity index (χ1n) is 6.90. The molecule has 6 nitrogen and oxygen atoms in total. The number of hydrogen-bond donors (Lipinski definition) is 0. The number of furan rings is 1. The van der Waals surface area contributed by atoms with E-state index < -0.39 is 4.92 Å². The summed E-state index contributed by atoms with van der Waals surface area (Å²) < 4.78 is 10.5. The van der Waals surface area contributed by atoms with E-state index in [9.17, 15) is 14.9 Å². The topological polar surface area (TPSA) is 82.6 Å². The molecule has 1 aromatic heterocycles. The molecule has 0 N–H and O–H groups in total. The maximum Gasteiger partial charge on any atom is 0.433 e. The molecule has 2 heterocycles. The molecule has 1 aromatic carbocycles. The van der Waals surface area contributed by atoms with Crippen molar-refractivity contribution in [3.63, 3.8) is 0 Å². The fourth-order valence-electron chi connectivity index (χ4n) is 2.33. The summed E-state index contributed by atoms with van der Waals surface area (Å²) in [6.07, 6.45) is 3.26. The van der Waals surface area contributed by atoms with Crippen LogP contribution in [0.2, 0.25) is 0 Å². The van der Waals surface area contributed by atoms with Crippen molar-refractivity contribution in [1.29, 1.82) is 0 Å². The Bertz CT molecular complexity index is 788. The molecule has 0 atom stereocenters. The van der Waals surface area contributed by atoms with E-state index in [1.807, 2.05) is 12.1 Å². The highest BCUT2D eigenvalue weighted by molar-refractivity contribution is 6.14. The van der Waals surface area contributed by atoms with Gasteiger partial charge in [-0.05, 0) is 30.2 Å². The van der Waals surface area contributed by atoms with Gasteiger partial charge in [0.25, 0.3) is 0 Å². The van der Waals surface area contributed by atoms with Gasteiger partial charge in [-0.1, -0.05) is 19.4 Å². The van der Waals surface area contributed by atoms with E-state index in [1.54, 1.807) is 6.07 Å². The van der Waals surface area contributed by atoms with Crippen molar-refractivity contribution in [2.24, 2.45) is 0 Å². The molecule has 0 fully saturated rings. The maximum absolute atomic E-state index is 12.3. The number of ketones is 1. The third kappa shape index (κ3) is 2.50. The van der Waals surface area contributed by atoms with Crippen LogP contribution in [0.15, 0.2) is 40.5 Å². The summed E-state index contributed by atoms with van der Waals surface area (Å²) in [5, 5.41) is 10.6.